The Morgan fingerprint density at radius 1 is 1.25 bits per heavy atom. The van der Waals surface area contributed by atoms with Gasteiger partial charge in [0.1, 0.15) is 5.82 Å². The average Bonchev–Trinajstić information content (AvgIpc) is 3.08. The monoisotopic (exact) mass is 326 g/mol. The molecular formula is C16H18N6O2. The summed E-state index contributed by atoms with van der Waals surface area (Å²) in [6.07, 6.45) is 1.85. The first-order chi connectivity index (χ1) is 11.7. The molecule has 2 atom stereocenters. The quantitative estimate of drug-likeness (QED) is 0.570. The first-order valence-electron chi connectivity index (χ1n) is 7.78. The lowest BCUT2D eigenvalue weighted by atomic mass is 10.1. The van der Waals surface area contributed by atoms with Gasteiger partial charge in [0.15, 0.2) is 0 Å². The fourth-order valence-electron chi connectivity index (χ4n) is 2.95. The molecule has 8 heteroatoms. The molecule has 0 bridgehead atoms. The molecule has 0 amide bonds. The maximum absolute atomic E-state index is 9.74. The Balaban J connectivity index is 1.70. The van der Waals surface area contributed by atoms with Crippen molar-refractivity contribution >= 4 is 22.7 Å². The number of rotatable bonds is 3. The highest BCUT2D eigenvalue weighted by atomic mass is 16.5. The summed E-state index contributed by atoms with van der Waals surface area (Å²) in [5.41, 5.74) is 8.49. The van der Waals surface area contributed by atoms with Gasteiger partial charge < -0.3 is 20.9 Å². The van der Waals surface area contributed by atoms with Crippen LogP contribution in [0.5, 0.6) is 0 Å². The number of nitrogens with one attached hydrogen (secondary N) is 2. The number of nitrogen functional groups attached to an aromatic ring is 1. The lowest BCUT2D eigenvalue weighted by Crippen LogP contribution is -2.38. The number of benzene rings is 1. The van der Waals surface area contributed by atoms with Crippen LogP contribution in [0.15, 0.2) is 30.5 Å². The van der Waals surface area contributed by atoms with Crippen molar-refractivity contribution in [1.82, 2.24) is 20.2 Å². The molecule has 3 aromatic rings. The van der Waals surface area contributed by atoms with Crippen LogP contribution in [0.3, 0.4) is 0 Å². The predicted octanol–water partition coefficient (Wildman–Crippen LogP) is 1.16. The van der Waals surface area contributed by atoms with Gasteiger partial charge in [0.25, 0.3) is 0 Å². The lowest BCUT2D eigenvalue weighted by Gasteiger charge is -2.27. The Morgan fingerprint density at radius 3 is 2.96 bits per heavy atom. The third-order valence-electron chi connectivity index (χ3n) is 4.05. The van der Waals surface area contributed by atoms with Gasteiger partial charge in [0, 0.05) is 17.1 Å². The summed E-state index contributed by atoms with van der Waals surface area (Å²) in [4.78, 5) is 8.64. The summed E-state index contributed by atoms with van der Waals surface area (Å²) < 4.78 is 5.38. The zero-order valence-electron chi connectivity index (χ0n) is 12.9. The first kappa shape index (κ1) is 14.9. The molecule has 5 N–H and O–H groups in total. The molecule has 24 heavy (non-hydrogen) atoms. The van der Waals surface area contributed by atoms with Crippen molar-refractivity contribution in [2.75, 3.05) is 24.3 Å². The number of nitrogens with two attached hydrogens (primary N) is 1. The van der Waals surface area contributed by atoms with Crippen LogP contribution in [0.1, 0.15) is 6.42 Å². The highest BCUT2D eigenvalue weighted by molar-refractivity contribution is 5.92. The van der Waals surface area contributed by atoms with Gasteiger partial charge in [-0.25, -0.2) is 4.98 Å². The largest absolute Gasteiger partial charge is 0.391 e. The molecule has 1 aliphatic heterocycles. The first-order valence-corrected chi connectivity index (χ1v) is 7.78. The molecule has 0 radical (unpaired) electrons. The van der Waals surface area contributed by atoms with Crippen LogP contribution in [0.25, 0.3) is 22.2 Å². The van der Waals surface area contributed by atoms with Crippen LogP contribution in [0.2, 0.25) is 0 Å². The zero-order chi connectivity index (χ0) is 16.5. The second-order valence-corrected chi connectivity index (χ2v) is 5.90. The Morgan fingerprint density at radius 2 is 2.17 bits per heavy atom. The summed E-state index contributed by atoms with van der Waals surface area (Å²) >= 11 is 0. The van der Waals surface area contributed by atoms with Crippen molar-refractivity contribution in [3.63, 3.8) is 0 Å². The Bertz CT molecular complexity index is 851. The smallest absolute Gasteiger partial charge is 0.222 e. The Hall–Kier alpha value is -2.71. The van der Waals surface area contributed by atoms with Gasteiger partial charge in [-0.3, -0.25) is 5.10 Å². The van der Waals surface area contributed by atoms with Gasteiger partial charge in [0.05, 0.1) is 36.6 Å². The molecule has 0 unspecified atom stereocenters. The van der Waals surface area contributed by atoms with E-state index in [4.69, 9.17) is 10.5 Å². The minimum atomic E-state index is -0.464. The minimum absolute atomic E-state index is 0.0152. The molecule has 1 aromatic carbocycles. The number of ether oxygens (including phenoxy) is 1. The normalized spacial score (nSPS) is 21.0. The summed E-state index contributed by atoms with van der Waals surface area (Å²) in [6, 6.07) is 7.75. The highest BCUT2D eigenvalue weighted by Gasteiger charge is 2.22. The highest BCUT2D eigenvalue weighted by Crippen LogP contribution is 2.27. The van der Waals surface area contributed by atoms with Gasteiger partial charge in [-0.1, -0.05) is 6.07 Å². The molecule has 8 nitrogen and oxygen atoms in total. The molecule has 0 spiro atoms. The van der Waals surface area contributed by atoms with Crippen LogP contribution in [0.4, 0.5) is 11.8 Å². The number of H-pyrrole nitrogens is 1. The van der Waals surface area contributed by atoms with Gasteiger partial charge in [0.2, 0.25) is 5.95 Å². The summed E-state index contributed by atoms with van der Waals surface area (Å²) in [7, 11) is 0. The maximum Gasteiger partial charge on any atom is 0.222 e. The summed E-state index contributed by atoms with van der Waals surface area (Å²) in [5.74, 6) is 0.848. The SMILES string of the molecule is Nc1nc(N[C@@H]2COC[C@H](O)C2)c2ccc(-c3ccn[nH]3)cc2n1. The van der Waals surface area contributed by atoms with E-state index >= 15 is 0 Å². The molecule has 1 aliphatic rings. The number of aromatic amines is 1. The van der Waals surface area contributed by atoms with Gasteiger partial charge in [-0.15, -0.1) is 0 Å². The van der Waals surface area contributed by atoms with Crippen molar-refractivity contribution < 1.29 is 9.84 Å². The van der Waals surface area contributed by atoms with Crippen LogP contribution in [-0.2, 0) is 4.74 Å². The van der Waals surface area contributed by atoms with Crippen molar-refractivity contribution in [2.45, 2.75) is 18.6 Å². The average molecular weight is 326 g/mol. The Kier molecular flexibility index (Phi) is 3.75. The van der Waals surface area contributed by atoms with Crippen LogP contribution < -0.4 is 11.1 Å². The molecule has 0 aliphatic carbocycles. The van der Waals surface area contributed by atoms with E-state index in [1.165, 1.54) is 0 Å². The van der Waals surface area contributed by atoms with E-state index in [0.717, 1.165) is 22.2 Å². The number of hydrogen-bond donors (Lipinski definition) is 4. The lowest BCUT2D eigenvalue weighted by molar-refractivity contribution is -0.0117. The third-order valence-corrected chi connectivity index (χ3v) is 4.05. The van der Waals surface area contributed by atoms with Crippen molar-refractivity contribution in [2.24, 2.45) is 0 Å². The van der Waals surface area contributed by atoms with E-state index < -0.39 is 6.10 Å². The van der Waals surface area contributed by atoms with Gasteiger partial charge in [-0.2, -0.15) is 10.1 Å². The zero-order valence-corrected chi connectivity index (χ0v) is 12.9. The number of aliphatic hydroxyl groups excluding tert-OH is 1. The Labute approximate surface area is 138 Å². The minimum Gasteiger partial charge on any atom is -0.391 e. The van der Waals surface area contributed by atoms with E-state index in [1.54, 1.807) is 6.20 Å². The number of fused-ring (bicyclic) bond motifs is 1. The van der Waals surface area contributed by atoms with E-state index in [-0.39, 0.29) is 12.0 Å². The molecule has 124 valence electrons. The fourth-order valence-corrected chi connectivity index (χ4v) is 2.95. The summed E-state index contributed by atoms with van der Waals surface area (Å²) in [5, 5.41) is 20.8. The second kappa shape index (κ2) is 6.06. The topological polar surface area (TPSA) is 122 Å². The van der Waals surface area contributed by atoms with Crippen molar-refractivity contribution in [3.05, 3.63) is 30.5 Å². The van der Waals surface area contributed by atoms with Gasteiger partial charge >= 0.3 is 0 Å². The van der Waals surface area contributed by atoms with Crippen molar-refractivity contribution in [3.8, 4) is 11.3 Å². The van der Waals surface area contributed by atoms with E-state index in [1.807, 2.05) is 24.3 Å². The molecule has 1 saturated heterocycles. The molecule has 3 heterocycles. The molecule has 4 rings (SSSR count). The summed E-state index contributed by atoms with van der Waals surface area (Å²) in [6.45, 7) is 0.896. The number of aromatic nitrogens is 4. The fraction of sp³-hybridized carbons (Fsp3) is 0.312. The van der Waals surface area contributed by atoms with E-state index in [9.17, 15) is 5.11 Å². The van der Waals surface area contributed by atoms with Crippen LogP contribution >= 0.6 is 0 Å². The van der Waals surface area contributed by atoms with Crippen LogP contribution in [-0.4, -0.2) is 50.6 Å². The van der Waals surface area contributed by atoms with Crippen molar-refractivity contribution in [1.29, 1.82) is 0 Å². The van der Waals surface area contributed by atoms with E-state index in [2.05, 4.69) is 25.5 Å². The predicted molar refractivity (Wildman–Crippen MR) is 90.4 cm³/mol. The van der Waals surface area contributed by atoms with E-state index in [0.29, 0.717) is 25.5 Å². The maximum atomic E-state index is 9.74. The van der Waals surface area contributed by atoms with Crippen LogP contribution in [0, 0.1) is 0 Å². The molecule has 0 saturated carbocycles. The number of nitrogens with zero attached hydrogens (tertiary/aromatic N) is 3. The number of hydrogen-bond acceptors (Lipinski definition) is 7. The molecule has 1 fully saturated rings. The standard InChI is InChI=1S/C16H18N6O2/c17-16-20-14-5-9(13-3-4-18-22-13)1-2-12(14)15(21-16)19-10-6-11(23)8-24-7-10/h1-5,10-11,23H,6-8H2,(H,18,22)(H3,17,19,20,21)/t10-,11+/m0/s1. The van der Waals surface area contributed by atoms with Gasteiger partial charge in [-0.05, 0) is 24.6 Å². The molecule has 2 aromatic heterocycles. The molecular weight excluding hydrogens is 308 g/mol. The number of anilines is 2. The second-order valence-electron chi connectivity index (χ2n) is 5.90. The number of aliphatic hydroxyl groups is 1. The third kappa shape index (κ3) is 2.89.